The Labute approximate surface area is 139 Å². The smallest absolute Gasteiger partial charge is 0.220 e. The van der Waals surface area contributed by atoms with Crippen LogP contribution in [0.5, 0.6) is 0 Å². The van der Waals surface area contributed by atoms with E-state index in [0.29, 0.717) is 24.4 Å². The number of nitrogens with zero attached hydrogens (tertiary/aromatic N) is 3. The van der Waals surface area contributed by atoms with Crippen LogP contribution in [0.1, 0.15) is 17.7 Å². The summed E-state index contributed by atoms with van der Waals surface area (Å²) in [5.41, 5.74) is 3.10. The molecule has 6 heteroatoms. The molecule has 0 radical (unpaired) electrons. The van der Waals surface area contributed by atoms with Gasteiger partial charge in [0.05, 0.1) is 5.69 Å². The summed E-state index contributed by atoms with van der Waals surface area (Å²) in [6.07, 6.45) is 5.05. The summed E-state index contributed by atoms with van der Waals surface area (Å²) in [4.78, 5) is 11.9. The second-order valence-electron chi connectivity index (χ2n) is 5.56. The Morgan fingerprint density at radius 2 is 2.17 bits per heavy atom. The van der Waals surface area contributed by atoms with Gasteiger partial charge >= 0.3 is 0 Å². The maximum absolute atomic E-state index is 11.9. The van der Waals surface area contributed by atoms with E-state index in [1.807, 2.05) is 54.2 Å². The van der Waals surface area contributed by atoms with Gasteiger partial charge in [0.1, 0.15) is 5.65 Å². The number of rotatable bonds is 6. The largest absolute Gasteiger partial charge is 0.354 e. The number of aryl methyl sites for hydroxylation is 2. The monoisotopic (exact) mass is 330 g/mol. The van der Waals surface area contributed by atoms with Gasteiger partial charge in [-0.1, -0.05) is 23.7 Å². The Bertz CT molecular complexity index is 821. The van der Waals surface area contributed by atoms with Crippen molar-refractivity contribution >= 4 is 23.2 Å². The van der Waals surface area contributed by atoms with Crippen LogP contribution in [0.3, 0.4) is 0 Å². The van der Waals surface area contributed by atoms with E-state index in [4.69, 9.17) is 11.6 Å². The highest BCUT2D eigenvalue weighted by molar-refractivity contribution is 6.30. The van der Waals surface area contributed by atoms with E-state index in [9.17, 15) is 4.79 Å². The van der Waals surface area contributed by atoms with Crippen LogP contribution in [-0.4, -0.2) is 26.6 Å². The molecule has 23 heavy (non-hydrogen) atoms. The highest BCUT2D eigenvalue weighted by Gasteiger charge is 2.05. The van der Waals surface area contributed by atoms with Crippen molar-refractivity contribution in [2.45, 2.75) is 26.3 Å². The Morgan fingerprint density at radius 3 is 3.00 bits per heavy atom. The molecule has 0 saturated heterocycles. The van der Waals surface area contributed by atoms with Crippen molar-refractivity contribution in [1.29, 1.82) is 0 Å². The third-order valence-corrected chi connectivity index (χ3v) is 3.96. The number of aromatic nitrogens is 3. The first-order chi connectivity index (χ1) is 11.1. The average Bonchev–Trinajstić information content (AvgIpc) is 3.05. The molecule has 0 aliphatic rings. The van der Waals surface area contributed by atoms with Gasteiger partial charge in [0.25, 0.3) is 0 Å². The van der Waals surface area contributed by atoms with E-state index < -0.39 is 0 Å². The molecule has 5 nitrogen and oxygen atoms in total. The summed E-state index contributed by atoms with van der Waals surface area (Å²) < 4.78 is 3.92. The summed E-state index contributed by atoms with van der Waals surface area (Å²) in [6.45, 7) is 3.29. The van der Waals surface area contributed by atoms with Crippen molar-refractivity contribution in [3.63, 3.8) is 0 Å². The molecule has 0 bridgehead atoms. The zero-order chi connectivity index (χ0) is 16.2. The fourth-order valence-electron chi connectivity index (χ4n) is 2.59. The predicted molar refractivity (Wildman–Crippen MR) is 90.7 cm³/mol. The first-order valence-electron chi connectivity index (χ1n) is 7.64. The van der Waals surface area contributed by atoms with Gasteiger partial charge in [-0.05, 0) is 31.0 Å². The maximum atomic E-state index is 11.9. The SMILES string of the molecule is Cc1cc2n(CCNC(=O)CCc3cccc(Cl)c3)ccn2n1. The Balaban J connectivity index is 1.46. The third-order valence-electron chi connectivity index (χ3n) is 3.72. The van der Waals surface area contributed by atoms with Gasteiger partial charge in [-0.3, -0.25) is 4.79 Å². The molecule has 0 fully saturated rings. The number of imidazole rings is 1. The van der Waals surface area contributed by atoms with Gasteiger partial charge in [-0.25, -0.2) is 4.52 Å². The lowest BCUT2D eigenvalue weighted by Gasteiger charge is -2.07. The van der Waals surface area contributed by atoms with Crippen LogP contribution in [-0.2, 0) is 17.8 Å². The molecule has 0 aliphatic carbocycles. The number of benzene rings is 1. The Kier molecular flexibility index (Phi) is 4.67. The number of hydrogen-bond acceptors (Lipinski definition) is 2. The topological polar surface area (TPSA) is 51.3 Å². The quantitative estimate of drug-likeness (QED) is 0.755. The summed E-state index contributed by atoms with van der Waals surface area (Å²) in [6, 6.07) is 9.65. The minimum absolute atomic E-state index is 0.0536. The lowest BCUT2D eigenvalue weighted by atomic mass is 10.1. The van der Waals surface area contributed by atoms with Gasteiger partial charge in [0.15, 0.2) is 0 Å². The molecular weight excluding hydrogens is 312 g/mol. The van der Waals surface area contributed by atoms with Crippen LogP contribution in [0.2, 0.25) is 5.02 Å². The van der Waals surface area contributed by atoms with Crippen molar-refractivity contribution in [1.82, 2.24) is 19.5 Å². The van der Waals surface area contributed by atoms with E-state index in [-0.39, 0.29) is 5.91 Å². The molecule has 3 rings (SSSR count). The zero-order valence-corrected chi connectivity index (χ0v) is 13.8. The highest BCUT2D eigenvalue weighted by atomic mass is 35.5. The van der Waals surface area contributed by atoms with Crippen LogP contribution in [0.15, 0.2) is 42.7 Å². The molecule has 2 aromatic heterocycles. The van der Waals surface area contributed by atoms with E-state index in [1.54, 1.807) is 0 Å². The lowest BCUT2D eigenvalue weighted by molar-refractivity contribution is -0.121. The zero-order valence-electron chi connectivity index (χ0n) is 13.0. The summed E-state index contributed by atoms with van der Waals surface area (Å²) in [5, 5.41) is 8.00. The summed E-state index contributed by atoms with van der Waals surface area (Å²) in [7, 11) is 0. The summed E-state index contributed by atoms with van der Waals surface area (Å²) >= 11 is 5.94. The number of nitrogens with one attached hydrogen (secondary N) is 1. The van der Waals surface area contributed by atoms with Gasteiger partial charge in [0.2, 0.25) is 5.91 Å². The molecule has 0 aliphatic heterocycles. The number of carbonyl (C=O) groups is 1. The molecule has 2 heterocycles. The van der Waals surface area contributed by atoms with Crippen molar-refractivity contribution in [2.24, 2.45) is 0 Å². The predicted octanol–water partition coefficient (Wildman–Crippen LogP) is 2.85. The molecule has 0 saturated carbocycles. The molecule has 1 amide bonds. The summed E-state index contributed by atoms with van der Waals surface area (Å²) in [5.74, 6) is 0.0536. The van der Waals surface area contributed by atoms with E-state index in [2.05, 4.69) is 15.0 Å². The van der Waals surface area contributed by atoms with Crippen LogP contribution in [0.25, 0.3) is 5.65 Å². The fourth-order valence-corrected chi connectivity index (χ4v) is 2.80. The minimum atomic E-state index is 0.0536. The number of carbonyl (C=O) groups excluding carboxylic acids is 1. The van der Waals surface area contributed by atoms with Crippen LogP contribution in [0, 0.1) is 6.92 Å². The molecule has 1 N–H and O–H groups in total. The standard InChI is InChI=1S/C17H19ClN4O/c1-13-11-17-21(9-10-22(17)20-13)8-7-19-16(23)6-5-14-3-2-4-15(18)12-14/h2-4,9-12H,5-8H2,1H3,(H,19,23). The van der Waals surface area contributed by atoms with Crippen LogP contribution < -0.4 is 5.32 Å². The molecule has 0 unspecified atom stereocenters. The molecular formula is C17H19ClN4O. The second-order valence-corrected chi connectivity index (χ2v) is 6.00. The van der Waals surface area contributed by atoms with E-state index in [0.717, 1.165) is 23.4 Å². The van der Waals surface area contributed by atoms with Gasteiger partial charge in [-0.2, -0.15) is 5.10 Å². The van der Waals surface area contributed by atoms with Gasteiger partial charge in [0, 0.05) is 43.0 Å². The number of fused-ring (bicyclic) bond motifs is 1. The van der Waals surface area contributed by atoms with E-state index >= 15 is 0 Å². The molecule has 0 atom stereocenters. The fraction of sp³-hybridized carbons (Fsp3) is 0.294. The van der Waals surface area contributed by atoms with Crippen molar-refractivity contribution in [3.05, 3.63) is 59.0 Å². The average molecular weight is 331 g/mol. The first kappa shape index (κ1) is 15.6. The second kappa shape index (κ2) is 6.87. The van der Waals surface area contributed by atoms with Gasteiger partial charge < -0.3 is 9.88 Å². The maximum Gasteiger partial charge on any atom is 0.220 e. The van der Waals surface area contributed by atoms with Gasteiger partial charge in [-0.15, -0.1) is 0 Å². The van der Waals surface area contributed by atoms with Crippen LogP contribution in [0.4, 0.5) is 0 Å². The third kappa shape index (κ3) is 3.93. The van der Waals surface area contributed by atoms with Crippen LogP contribution >= 0.6 is 11.6 Å². The van der Waals surface area contributed by atoms with E-state index in [1.165, 1.54) is 0 Å². The molecule has 120 valence electrons. The molecule has 1 aromatic carbocycles. The molecule has 0 spiro atoms. The Morgan fingerprint density at radius 1 is 1.30 bits per heavy atom. The number of amides is 1. The number of halogens is 1. The van der Waals surface area contributed by atoms with Crippen molar-refractivity contribution in [3.8, 4) is 0 Å². The Hall–Kier alpha value is -2.27. The van der Waals surface area contributed by atoms with Crippen molar-refractivity contribution in [2.75, 3.05) is 6.54 Å². The first-order valence-corrected chi connectivity index (χ1v) is 8.02. The molecule has 3 aromatic rings. The normalized spacial score (nSPS) is 11.0. The number of hydrogen-bond donors (Lipinski definition) is 1. The highest BCUT2D eigenvalue weighted by Crippen LogP contribution is 2.12. The minimum Gasteiger partial charge on any atom is -0.354 e. The van der Waals surface area contributed by atoms with Crippen molar-refractivity contribution < 1.29 is 4.79 Å². The lowest BCUT2D eigenvalue weighted by Crippen LogP contribution is -2.27.